The summed E-state index contributed by atoms with van der Waals surface area (Å²) >= 11 is 0. The van der Waals surface area contributed by atoms with E-state index in [1.807, 2.05) is 22.9 Å². The number of aromatic nitrogens is 2. The number of aryl methyl sites for hydroxylation is 1. The van der Waals surface area contributed by atoms with Gasteiger partial charge in [-0.1, -0.05) is 6.07 Å². The van der Waals surface area contributed by atoms with Crippen molar-refractivity contribution in [3.8, 4) is 11.4 Å². The fourth-order valence-corrected chi connectivity index (χ4v) is 1.40. The van der Waals surface area contributed by atoms with Crippen molar-refractivity contribution in [1.29, 1.82) is 0 Å². The molecule has 0 bridgehead atoms. The Bertz CT molecular complexity index is 421. The number of hydrogen-bond acceptors (Lipinski definition) is 2. The quantitative estimate of drug-likeness (QED) is 0.722. The van der Waals surface area contributed by atoms with Crippen LogP contribution < -0.4 is 4.74 Å². The zero-order valence-corrected chi connectivity index (χ0v) is 8.27. The topological polar surface area (TPSA) is 27.1 Å². The van der Waals surface area contributed by atoms with Crippen LogP contribution in [0, 0.1) is 6.92 Å². The second kappa shape index (κ2) is 3.54. The van der Waals surface area contributed by atoms with Crippen LogP contribution in [0.3, 0.4) is 0 Å². The van der Waals surface area contributed by atoms with E-state index in [2.05, 4.69) is 18.0 Å². The molecule has 0 fully saturated rings. The average Bonchev–Trinajstić information content (AvgIpc) is 2.70. The highest BCUT2D eigenvalue weighted by molar-refractivity contribution is 5.48. The SMILES string of the molecule is COc1ccc(C)cc1-n1ccnc1. The number of ether oxygens (including phenoxy) is 1. The van der Waals surface area contributed by atoms with E-state index in [1.54, 1.807) is 19.6 Å². The molecule has 0 aliphatic rings. The predicted molar refractivity (Wildman–Crippen MR) is 54.9 cm³/mol. The first kappa shape index (κ1) is 8.81. The summed E-state index contributed by atoms with van der Waals surface area (Å²) in [6.45, 7) is 2.06. The molecule has 1 heterocycles. The third-order valence-electron chi connectivity index (χ3n) is 2.12. The van der Waals surface area contributed by atoms with Crippen molar-refractivity contribution in [2.75, 3.05) is 7.11 Å². The lowest BCUT2D eigenvalue weighted by molar-refractivity contribution is 0.413. The van der Waals surface area contributed by atoms with Gasteiger partial charge in [-0.3, -0.25) is 0 Å². The molecule has 72 valence electrons. The standard InChI is InChI=1S/C11H12N2O/c1-9-3-4-11(14-2)10(7-9)13-6-5-12-8-13/h3-8H,1-2H3. The molecular weight excluding hydrogens is 176 g/mol. The first-order chi connectivity index (χ1) is 6.81. The summed E-state index contributed by atoms with van der Waals surface area (Å²) in [5.74, 6) is 0.855. The van der Waals surface area contributed by atoms with Gasteiger partial charge in [0.05, 0.1) is 19.1 Å². The Morgan fingerprint density at radius 2 is 2.21 bits per heavy atom. The van der Waals surface area contributed by atoms with Crippen LogP contribution in [0.15, 0.2) is 36.9 Å². The van der Waals surface area contributed by atoms with E-state index in [0.29, 0.717) is 0 Å². The molecule has 1 aromatic carbocycles. The zero-order valence-electron chi connectivity index (χ0n) is 8.27. The molecule has 0 N–H and O–H groups in total. The Hall–Kier alpha value is -1.77. The Kier molecular flexibility index (Phi) is 2.23. The normalized spacial score (nSPS) is 10.1. The number of hydrogen-bond donors (Lipinski definition) is 0. The molecule has 1 aromatic heterocycles. The van der Waals surface area contributed by atoms with Crippen molar-refractivity contribution < 1.29 is 4.74 Å². The first-order valence-corrected chi connectivity index (χ1v) is 4.44. The molecule has 0 saturated carbocycles. The van der Waals surface area contributed by atoms with E-state index >= 15 is 0 Å². The second-order valence-electron chi connectivity index (χ2n) is 3.15. The Labute approximate surface area is 83.0 Å². The van der Waals surface area contributed by atoms with Gasteiger partial charge in [0.25, 0.3) is 0 Å². The number of imidazole rings is 1. The van der Waals surface area contributed by atoms with E-state index in [0.717, 1.165) is 11.4 Å². The van der Waals surface area contributed by atoms with Crippen LogP contribution in [-0.2, 0) is 0 Å². The van der Waals surface area contributed by atoms with E-state index in [9.17, 15) is 0 Å². The maximum absolute atomic E-state index is 5.28. The van der Waals surface area contributed by atoms with Crippen molar-refractivity contribution in [3.05, 3.63) is 42.5 Å². The van der Waals surface area contributed by atoms with Gasteiger partial charge >= 0.3 is 0 Å². The predicted octanol–water partition coefficient (Wildman–Crippen LogP) is 2.19. The van der Waals surface area contributed by atoms with E-state index in [4.69, 9.17) is 4.74 Å². The Morgan fingerprint density at radius 1 is 1.36 bits per heavy atom. The molecule has 0 amide bonds. The van der Waals surface area contributed by atoms with E-state index in [1.165, 1.54) is 5.56 Å². The van der Waals surface area contributed by atoms with Crippen LogP contribution >= 0.6 is 0 Å². The molecule has 2 aromatic rings. The van der Waals surface area contributed by atoms with Crippen LogP contribution in [0.5, 0.6) is 5.75 Å². The highest BCUT2D eigenvalue weighted by Gasteiger charge is 2.03. The Morgan fingerprint density at radius 3 is 2.86 bits per heavy atom. The first-order valence-electron chi connectivity index (χ1n) is 4.44. The summed E-state index contributed by atoms with van der Waals surface area (Å²) < 4.78 is 7.21. The number of benzene rings is 1. The fourth-order valence-electron chi connectivity index (χ4n) is 1.40. The fraction of sp³-hybridized carbons (Fsp3) is 0.182. The molecule has 2 rings (SSSR count). The Balaban J connectivity index is 2.55. The van der Waals surface area contributed by atoms with Crippen molar-refractivity contribution in [1.82, 2.24) is 9.55 Å². The molecule has 0 radical (unpaired) electrons. The van der Waals surface area contributed by atoms with Crippen molar-refractivity contribution in [3.63, 3.8) is 0 Å². The molecule has 0 aliphatic carbocycles. The minimum absolute atomic E-state index is 0.855. The third-order valence-corrected chi connectivity index (χ3v) is 2.12. The molecule has 0 saturated heterocycles. The maximum Gasteiger partial charge on any atom is 0.142 e. The lowest BCUT2D eigenvalue weighted by atomic mass is 10.2. The molecule has 0 spiro atoms. The smallest absolute Gasteiger partial charge is 0.142 e. The minimum atomic E-state index is 0.855. The van der Waals surface area contributed by atoms with Crippen LogP contribution in [0.1, 0.15) is 5.56 Å². The second-order valence-corrected chi connectivity index (χ2v) is 3.15. The number of rotatable bonds is 2. The molecule has 0 aliphatic heterocycles. The zero-order chi connectivity index (χ0) is 9.97. The monoisotopic (exact) mass is 188 g/mol. The summed E-state index contributed by atoms with van der Waals surface area (Å²) in [4.78, 5) is 4.01. The van der Waals surface area contributed by atoms with Crippen LogP contribution in [0.25, 0.3) is 5.69 Å². The van der Waals surface area contributed by atoms with Gasteiger partial charge in [-0.15, -0.1) is 0 Å². The van der Waals surface area contributed by atoms with Crippen LogP contribution in [0.4, 0.5) is 0 Å². The highest BCUT2D eigenvalue weighted by Crippen LogP contribution is 2.23. The minimum Gasteiger partial charge on any atom is -0.495 e. The summed E-state index contributed by atoms with van der Waals surface area (Å²) in [6.07, 6.45) is 5.41. The van der Waals surface area contributed by atoms with Gasteiger partial charge in [0.15, 0.2) is 0 Å². The van der Waals surface area contributed by atoms with E-state index in [-0.39, 0.29) is 0 Å². The van der Waals surface area contributed by atoms with Gasteiger partial charge in [-0.2, -0.15) is 0 Å². The van der Waals surface area contributed by atoms with Crippen molar-refractivity contribution in [2.45, 2.75) is 6.92 Å². The summed E-state index contributed by atoms with van der Waals surface area (Å²) in [5.41, 5.74) is 2.22. The summed E-state index contributed by atoms with van der Waals surface area (Å²) in [7, 11) is 1.67. The summed E-state index contributed by atoms with van der Waals surface area (Å²) in [6, 6.07) is 6.06. The van der Waals surface area contributed by atoms with Crippen molar-refractivity contribution >= 4 is 0 Å². The molecule has 3 nitrogen and oxygen atoms in total. The van der Waals surface area contributed by atoms with Gasteiger partial charge in [-0.25, -0.2) is 4.98 Å². The van der Waals surface area contributed by atoms with Gasteiger partial charge in [0.1, 0.15) is 5.75 Å². The lowest BCUT2D eigenvalue weighted by Crippen LogP contribution is -1.95. The molecule has 0 atom stereocenters. The van der Waals surface area contributed by atoms with Crippen LogP contribution in [0.2, 0.25) is 0 Å². The van der Waals surface area contributed by atoms with Gasteiger partial charge in [-0.05, 0) is 24.6 Å². The van der Waals surface area contributed by atoms with Gasteiger partial charge in [0.2, 0.25) is 0 Å². The molecule has 14 heavy (non-hydrogen) atoms. The van der Waals surface area contributed by atoms with Gasteiger partial charge < -0.3 is 9.30 Å². The molecular formula is C11H12N2O. The largest absolute Gasteiger partial charge is 0.495 e. The van der Waals surface area contributed by atoms with E-state index < -0.39 is 0 Å². The van der Waals surface area contributed by atoms with Gasteiger partial charge in [0, 0.05) is 12.4 Å². The highest BCUT2D eigenvalue weighted by atomic mass is 16.5. The third kappa shape index (κ3) is 1.48. The number of methoxy groups -OCH3 is 1. The summed E-state index contributed by atoms with van der Waals surface area (Å²) in [5, 5.41) is 0. The molecule has 3 heteroatoms. The number of nitrogens with zero attached hydrogens (tertiary/aromatic N) is 2. The maximum atomic E-state index is 5.28. The van der Waals surface area contributed by atoms with Crippen LogP contribution in [-0.4, -0.2) is 16.7 Å². The molecule has 0 unspecified atom stereocenters. The lowest BCUT2D eigenvalue weighted by Gasteiger charge is -2.09. The average molecular weight is 188 g/mol. The van der Waals surface area contributed by atoms with Crippen molar-refractivity contribution in [2.24, 2.45) is 0 Å².